The van der Waals surface area contributed by atoms with Crippen molar-refractivity contribution in [3.8, 4) is 0 Å². The van der Waals surface area contributed by atoms with Crippen LogP contribution in [-0.4, -0.2) is 11.4 Å². The maximum Gasteiger partial charge on any atom is 0.0248 e. The summed E-state index contributed by atoms with van der Waals surface area (Å²) in [5.41, 5.74) is 9.48. The van der Waals surface area contributed by atoms with Crippen LogP contribution in [0.25, 0.3) is 0 Å². The van der Waals surface area contributed by atoms with Crippen LogP contribution < -0.4 is 5.73 Å². The highest BCUT2D eigenvalue weighted by atomic mass is 79.9. The van der Waals surface area contributed by atoms with E-state index in [1.165, 1.54) is 11.1 Å². The Morgan fingerprint density at radius 3 is 2.35 bits per heavy atom. The van der Waals surface area contributed by atoms with Gasteiger partial charge in [0.05, 0.1) is 0 Å². The van der Waals surface area contributed by atoms with Gasteiger partial charge < -0.3 is 5.73 Å². The molecule has 0 aliphatic rings. The zero-order chi connectivity index (χ0) is 14.4. The molecule has 0 aliphatic carbocycles. The van der Waals surface area contributed by atoms with Gasteiger partial charge in [-0.1, -0.05) is 65.3 Å². The molecule has 2 nitrogen and oxygen atoms in total. The average Bonchev–Trinajstić information content (AvgIpc) is 2.49. The normalized spacial score (nSPS) is 11.0. The van der Waals surface area contributed by atoms with E-state index in [9.17, 15) is 0 Å². The molecular weight excluding hydrogens is 312 g/mol. The SMILES string of the molecule is CCN(Cc1ccccc1)Cc1ccc(CN)cc1Br. The Labute approximate surface area is 129 Å². The van der Waals surface area contributed by atoms with Crippen LogP contribution in [-0.2, 0) is 19.6 Å². The molecule has 2 rings (SSSR count). The number of rotatable bonds is 6. The molecule has 0 unspecified atom stereocenters. The van der Waals surface area contributed by atoms with Gasteiger partial charge in [0.15, 0.2) is 0 Å². The van der Waals surface area contributed by atoms with Crippen LogP contribution in [0.4, 0.5) is 0 Å². The Morgan fingerprint density at radius 2 is 1.75 bits per heavy atom. The highest BCUT2D eigenvalue weighted by Gasteiger charge is 2.08. The lowest BCUT2D eigenvalue weighted by Gasteiger charge is -2.21. The average molecular weight is 333 g/mol. The van der Waals surface area contributed by atoms with E-state index in [1.807, 2.05) is 0 Å². The number of halogens is 1. The minimum Gasteiger partial charge on any atom is -0.326 e. The first-order valence-electron chi connectivity index (χ1n) is 6.96. The maximum absolute atomic E-state index is 5.67. The van der Waals surface area contributed by atoms with Crippen LogP contribution in [0.5, 0.6) is 0 Å². The van der Waals surface area contributed by atoms with Crippen molar-refractivity contribution in [3.63, 3.8) is 0 Å². The molecule has 0 atom stereocenters. The van der Waals surface area contributed by atoms with Crippen LogP contribution >= 0.6 is 15.9 Å². The summed E-state index contributed by atoms with van der Waals surface area (Å²) in [4.78, 5) is 2.43. The first kappa shape index (κ1) is 15.2. The van der Waals surface area contributed by atoms with Gasteiger partial charge in [0.25, 0.3) is 0 Å². The Hall–Kier alpha value is -1.16. The zero-order valence-corrected chi connectivity index (χ0v) is 13.4. The first-order valence-corrected chi connectivity index (χ1v) is 7.76. The van der Waals surface area contributed by atoms with E-state index in [-0.39, 0.29) is 0 Å². The molecule has 0 heterocycles. The number of hydrogen-bond acceptors (Lipinski definition) is 2. The fourth-order valence-corrected chi connectivity index (χ4v) is 2.76. The lowest BCUT2D eigenvalue weighted by atomic mass is 10.1. The molecule has 2 N–H and O–H groups in total. The van der Waals surface area contributed by atoms with Crippen molar-refractivity contribution in [1.82, 2.24) is 4.90 Å². The van der Waals surface area contributed by atoms with Gasteiger partial charge in [-0.3, -0.25) is 4.90 Å². The molecular formula is C17H21BrN2. The fourth-order valence-electron chi connectivity index (χ4n) is 2.21. The maximum atomic E-state index is 5.67. The van der Waals surface area contributed by atoms with Gasteiger partial charge in [-0.05, 0) is 29.3 Å². The van der Waals surface area contributed by atoms with Crippen LogP contribution in [0.1, 0.15) is 23.6 Å². The Balaban J connectivity index is 2.06. The Bertz CT molecular complexity index is 540. The van der Waals surface area contributed by atoms with E-state index in [0.717, 1.165) is 29.7 Å². The van der Waals surface area contributed by atoms with E-state index in [1.54, 1.807) is 0 Å². The second-order valence-electron chi connectivity index (χ2n) is 4.92. The summed E-state index contributed by atoms with van der Waals surface area (Å²) in [5, 5.41) is 0. The van der Waals surface area contributed by atoms with E-state index >= 15 is 0 Å². The van der Waals surface area contributed by atoms with E-state index < -0.39 is 0 Å². The molecule has 0 radical (unpaired) electrons. The molecule has 2 aromatic carbocycles. The highest BCUT2D eigenvalue weighted by Crippen LogP contribution is 2.21. The largest absolute Gasteiger partial charge is 0.326 e. The van der Waals surface area contributed by atoms with E-state index in [4.69, 9.17) is 5.73 Å². The molecule has 2 aromatic rings. The minimum atomic E-state index is 0.584. The van der Waals surface area contributed by atoms with Crippen molar-refractivity contribution in [2.24, 2.45) is 5.73 Å². The monoisotopic (exact) mass is 332 g/mol. The summed E-state index contributed by atoms with van der Waals surface area (Å²) in [5.74, 6) is 0. The van der Waals surface area contributed by atoms with Gasteiger partial charge in [-0.15, -0.1) is 0 Å². The smallest absolute Gasteiger partial charge is 0.0248 e. The molecule has 0 saturated heterocycles. The highest BCUT2D eigenvalue weighted by molar-refractivity contribution is 9.10. The third-order valence-corrected chi connectivity index (χ3v) is 4.18. The third-order valence-electron chi connectivity index (χ3n) is 3.44. The third kappa shape index (κ3) is 4.17. The van der Waals surface area contributed by atoms with Crippen LogP contribution in [0, 0.1) is 0 Å². The van der Waals surface area contributed by atoms with Crippen molar-refractivity contribution in [3.05, 3.63) is 69.7 Å². The molecule has 3 heteroatoms. The lowest BCUT2D eigenvalue weighted by molar-refractivity contribution is 0.271. The van der Waals surface area contributed by atoms with Crippen LogP contribution in [0.2, 0.25) is 0 Å². The van der Waals surface area contributed by atoms with Crippen LogP contribution in [0.3, 0.4) is 0 Å². The van der Waals surface area contributed by atoms with E-state index in [2.05, 4.69) is 76.3 Å². The van der Waals surface area contributed by atoms with Crippen LogP contribution in [0.15, 0.2) is 53.0 Å². The molecule has 0 fully saturated rings. The summed E-state index contributed by atoms with van der Waals surface area (Å²) in [6.45, 7) is 5.73. The second kappa shape index (κ2) is 7.58. The standard InChI is InChI=1S/C17H21BrN2/c1-2-20(12-14-6-4-3-5-7-14)13-16-9-8-15(11-19)10-17(16)18/h3-10H,2,11-13,19H2,1H3. The summed E-state index contributed by atoms with van der Waals surface area (Å²) < 4.78 is 1.15. The summed E-state index contributed by atoms with van der Waals surface area (Å²) in [7, 11) is 0. The topological polar surface area (TPSA) is 29.3 Å². The van der Waals surface area contributed by atoms with Crippen molar-refractivity contribution in [1.29, 1.82) is 0 Å². The molecule has 0 bridgehead atoms. The molecule has 0 amide bonds. The summed E-state index contributed by atoms with van der Waals surface area (Å²) >= 11 is 3.65. The molecule has 0 spiro atoms. The molecule has 106 valence electrons. The molecule has 0 saturated carbocycles. The zero-order valence-electron chi connectivity index (χ0n) is 11.8. The summed E-state index contributed by atoms with van der Waals surface area (Å²) in [6.07, 6.45) is 0. The fraction of sp³-hybridized carbons (Fsp3) is 0.294. The number of benzene rings is 2. The minimum absolute atomic E-state index is 0.584. The molecule has 20 heavy (non-hydrogen) atoms. The first-order chi connectivity index (χ1) is 9.72. The Kier molecular flexibility index (Phi) is 5.77. The van der Waals surface area contributed by atoms with Crippen molar-refractivity contribution in [2.75, 3.05) is 6.54 Å². The van der Waals surface area contributed by atoms with Gasteiger partial charge in [0.2, 0.25) is 0 Å². The van der Waals surface area contributed by atoms with Crippen molar-refractivity contribution < 1.29 is 0 Å². The molecule has 0 aromatic heterocycles. The van der Waals surface area contributed by atoms with Gasteiger partial charge in [0, 0.05) is 24.1 Å². The summed E-state index contributed by atoms with van der Waals surface area (Å²) in [6, 6.07) is 17.0. The second-order valence-corrected chi connectivity index (χ2v) is 5.77. The number of hydrogen-bond donors (Lipinski definition) is 1. The van der Waals surface area contributed by atoms with E-state index in [0.29, 0.717) is 6.54 Å². The van der Waals surface area contributed by atoms with Crippen molar-refractivity contribution in [2.45, 2.75) is 26.6 Å². The Morgan fingerprint density at radius 1 is 1.00 bits per heavy atom. The van der Waals surface area contributed by atoms with Gasteiger partial charge in [-0.2, -0.15) is 0 Å². The quantitative estimate of drug-likeness (QED) is 0.868. The predicted octanol–water partition coefficient (Wildman–Crippen LogP) is 3.93. The van der Waals surface area contributed by atoms with Crippen molar-refractivity contribution >= 4 is 15.9 Å². The van der Waals surface area contributed by atoms with Gasteiger partial charge >= 0.3 is 0 Å². The lowest BCUT2D eigenvalue weighted by Crippen LogP contribution is -2.22. The van der Waals surface area contributed by atoms with Gasteiger partial charge in [-0.25, -0.2) is 0 Å². The molecule has 0 aliphatic heterocycles. The predicted molar refractivity (Wildman–Crippen MR) is 88.3 cm³/mol. The number of nitrogens with two attached hydrogens (primary N) is 1. The van der Waals surface area contributed by atoms with Gasteiger partial charge in [0.1, 0.15) is 0 Å². The number of nitrogens with zero attached hydrogens (tertiary/aromatic N) is 1.